The van der Waals surface area contributed by atoms with Crippen molar-refractivity contribution in [2.24, 2.45) is 0 Å². The van der Waals surface area contributed by atoms with Crippen LogP contribution in [0.25, 0.3) is 0 Å². The summed E-state index contributed by atoms with van der Waals surface area (Å²) in [6.07, 6.45) is 0. The number of methoxy groups -OCH3 is 1. The molecule has 1 saturated heterocycles. The van der Waals surface area contributed by atoms with E-state index in [0.717, 1.165) is 43.3 Å². The van der Waals surface area contributed by atoms with Gasteiger partial charge in [0.05, 0.1) is 24.1 Å². The van der Waals surface area contributed by atoms with Gasteiger partial charge >= 0.3 is 0 Å². The molecule has 1 fully saturated rings. The van der Waals surface area contributed by atoms with Crippen molar-refractivity contribution in [3.8, 4) is 0 Å². The van der Waals surface area contributed by atoms with Crippen molar-refractivity contribution in [1.82, 2.24) is 25.1 Å². The lowest BCUT2D eigenvalue weighted by Crippen LogP contribution is -2.48. The molecule has 0 N–H and O–H groups in total. The lowest BCUT2D eigenvalue weighted by Gasteiger charge is -2.39. The van der Waals surface area contributed by atoms with E-state index in [4.69, 9.17) is 16.3 Å². The van der Waals surface area contributed by atoms with Crippen LogP contribution in [0.15, 0.2) is 48.5 Å². The second-order valence-corrected chi connectivity index (χ2v) is 7.94. The molecule has 3 aromatic rings. The first-order chi connectivity index (χ1) is 15.6. The molecule has 0 unspecified atom stereocenters. The number of aromatic nitrogens is 4. The highest BCUT2D eigenvalue weighted by Gasteiger charge is 2.30. The van der Waals surface area contributed by atoms with Gasteiger partial charge in [-0.1, -0.05) is 23.7 Å². The summed E-state index contributed by atoms with van der Waals surface area (Å²) in [4.78, 5) is 15.1. The Morgan fingerprint density at radius 3 is 2.41 bits per heavy atom. The molecule has 0 amide bonds. The number of benzene rings is 2. The Labute approximate surface area is 190 Å². The Kier molecular flexibility index (Phi) is 6.93. The van der Waals surface area contributed by atoms with Gasteiger partial charge in [-0.25, -0.2) is 4.68 Å². The van der Waals surface area contributed by atoms with E-state index in [-0.39, 0.29) is 16.7 Å². The number of nitrogens with zero attached hydrogens (tertiary/aromatic N) is 7. The van der Waals surface area contributed by atoms with Crippen LogP contribution in [-0.2, 0) is 11.3 Å². The Bertz CT molecular complexity index is 1030. The number of nitro groups is 1. The second kappa shape index (κ2) is 10.0. The minimum Gasteiger partial charge on any atom is -0.383 e. The Balaban J connectivity index is 1.54. The molecule has 0 bridgehead atoms. The van der Waals surface area contributed by atoms with Crippen LogP contribution in [0.4, 0.5) is 11.4 Å². The SMILES string of the molecule is COCCn1nnnc1[C@@H](c1ccc(Cl)cc1)N1CCN(c2ccc([N+](=O)[O-])cc2)CC1. The smallest absolute Gasteiger partial charge is 0.269 e. The normalized spacial score (nSPS) is 15.6. The largest absolute Gasteiger partial charge is 0.383 e. The minimum absolute atomic E-state index is 0.0954. The number of tetrazole rings is 1. The number of hydrogen-bond acceptors (Lipinski definition) is 8. The van der Waals surface area contributed by atoms with Crippen LogP contribution in [0.3, 0.4) is 0 Å². The number of anilines is 1. The molecule has 168 valence electrons. The topological polar surface area (TPSA) is 102 Å². The standard InChI is InChI=1S/C21H24ClN7O3/c1-32-15-14-28-21(23-24-25-28)20(16-2-4-17(22)5-3-16)27-12-10-26(11-13-27)18-6-8-19(9-7-18)29(30)31/h2-9,20H,10-15H2,1H3/t20-/m1/s1. The highest BCUT2D eigenvalue weighted by Crippen LogP contribution is 2.30. The summed E-state index contributed by atoms with van der Waals surface area (Å²) in [7, 11) is 1.65. The van der Waals surface area contributed by atoms with E-state index in [1.807, 2.05) is 24.3 Å². The molecule has 32 heavy (non-hydrogen) atoms. The van der Waals surface area contributed by atoms with Crippen molar-refractivity contribution >= 4 is 23.0 Å². The van der Waals surface area contributed by atoms with E-state index in [0.29, 0.717) is 18.2 Å². The molecule has 1 aliphatic heterocycles. The highest BCUT2D eigenvalue weighted by molar-refractivity contribution is 6.30. The van der Waals surface area contributed by atoms with E-state index < -0.39 is 0 Å². The maximum atomic E-state index is 10.9. The second-order valence-electron chi connectivity index (χ2n) is 7.50. The number of hydrogen-bond donors (Lipinski definition) is 0. The monoisotopic (exact) mass is 457 g/mol. The molecule has 4 rings (SSSR count). The Hall–Kier alpha value is -3.08. The van der Waals surface area contributed by atoms with E-state index >= 15 is 0 Å². The molecular weight excluding hydrogens is 434 g/mol. The van der Waals surface area contributed by atoms with Crippen LogP contribution in [0.5, 0.6) is 0 Å². The van der Waals surface area contributed by atoms with Crippen molar-refractivity contribution < 1.29 is 9.66 Å². The maximum Gasteiger partial charge on any atom is 0.269 e. The summed E-state index contributed by atoms with van der Waals surface area (Å²) in [6.45, 7) is 4.19. The number of nitro benzene ring substituents is 1. The number of non-ortho nitro benzene ring substituents is 1. The molecule has 1 aromatic heterocycles. The van der Waals surface area contributed by atoms with Gasteiger partial charge in [-0.2, -0.15) is 0 Å². The molecule has 0 spiro atoms. The highest BCUT2D eigenvalue weighted by atomic mass is 35.5. The van der Waals surface area contributed by atoms with E-state index in [1.54, 1.807) is 36.1 Å². The summed E-state index contributed by atoms with van der Waals surface area (Å²) in [5.41, 5.74) is 2.13. The maximum absolute atomic E-state index is 10.9. The Morgan fingerprint density at radius 1 is 1.09 bits per heavy atom. The van der Waals surface area contributed by atoms with Gasteiger partial charge in [0, 0.05) is 56.1 Å². The van der Waals surface area contributed by atoms with Crippen LogP contribution in [0.1, 0.15) is 17.4 Å². The van der Waals surface area contributed by atoms with Crippen LogP contribution in [0.2, 0.25) is 5.02 Å². The minimum atomic E-state index is -0.383. The van der Waals surface area contributed by atoms with Crippen molar-refractivity contribution in [3.05, 3.63) is 75.1 Å². The van der Waals surface area contributed by atoms with Crippen LogP contribution in [-0.4, -0.2) is 69.9 Å². The molecule has 11 heteroatoms. The predicted molar refractivity (Wildman–Crippen MR) is 120 cm³/mol. The van der Waals surface area contributed by atoms with Gasteiger partial charge < -0.3 is 9.64 Å². The first-order valence-corrected chi connectivity index (χ1v) is 10.7. The zero-order chi connectivity index (χ0) is 22.5. The Morgan fingerprint density at radius 2 is 1.78 bits per heavy atom. The molecule has 2 heterocycles. The molecule has 0 saturated carbocycles. The van der Waals surface area contributed by atoms with Crippen LogP contribution in [0, 0.1) is 10.1 Å². The van der Waals surface area contributed by atoms with Gasteiger partial charge in [-0.05, 0) is 40.3 Å². The van der Waals surface area contributed by atoms with E-state index in [2.05, 4.69) is 25.3 Å². The number of ether oxygens (including phenoxy) is 1. The molecule has 10 nitrogen and oxygen atoms in total. The average molecular weight is 458 g/mol. The zero-order valence-electron chi connectivity index (χ0n) is 17.7. The fourth-order valence-corrected chi connectivity index (χ4v) is 4.06. The summed E-state index contributed by atoms with van der Waals surface area (Å²) in [5, 5.41) is 24.0. The van der Waals surface area contributed by atoms with Gasteiger partial charge in [-0.15, -0.1) is 5.10 Å². The fourth-order valence-electron chi connectivity index (χ4n) is 3.94. The zero-order valence-corrected chi connectivity index (χ0v) is 18.4. The van der Waals surface area contributed by atoms with Crippen molar-refractivity contribution in [3.63, 3.8) is 0 Å². The van der Waals surface area contributed by atoms with Gasteiger partial charge in [0.25, 0.3) is 5.69 Å². The third-order valence-electron chi connectivity index (χ3n) is 5.60. The molecule has 0 aliphatic carbocycles. The van der Waals surface area contributed by atoms with Crippen LogP contribution < -0.4 is 4.90 Å². The van der Waals surface area contributed by atoms with E-state index in [9.17, 15) is 10.1 Å². The first kappa shape index (κ1) is 22.1. The summed E-state index contributed by atoms with van der Waals surface area (Å²) in [6, 6.07) is 14.3. The predicted octanol–water partition coefficient (Wildman–Crippen LogP) is 2.79. The van der Waals surface area contributed by atoms with Crippen molar-refractivity contribution in [1.29, 1.82) is 0 Å². The fraction of sp³-hybridized carbons (Fsp3) is 0.381. The molecular formula is C21H24ClN7O3. The summed E-state index contributed by atoms with van der Waals surface area (Å²) >= 11 is 6.12. The quantitative estimate of drug-likeness (QED) is 0.376. The first-order valence-electron chi connectivity index (χ1n) is 10.3. The van der Waals surface area contributed by atoms with Gasteiger partial charge in [0.15, 0.2) is 5.82 Å². The number of rotatable bonds is 8. The summed E-state index contributed by atoms with van der Waals surface area (Å²) < 4.78 is 6.99. The average Bonchev–Trinajstić information content (AvgIpc) is 3.27. The number of halogens is 1. The van der Waals surface area contributed by atoms with Gasteiger partial charge in [-0.3, -0.25) is 15.0 Å². The third kappa shape index (κ3) is 4.87. The lowest BCUT2D eigenvalue weighted by molar-refractivity contribution is -0.384. The van der Waals surface area contributed by atoms with Gasteiger partial charge in [0.2, 0.25) is 0 Å². The lowest BCUT2D eigenvalue weighted by atomic mass is 10.0. The number of piperazine rings is 1. The van der Waals surface area contributed by atoms with Gasteiger partial charge in [0.1, 0.15) is 0 Å². The van der Waals surface area contributed by atoms with Crippen molar-refractivity contribution in [2.45, 2.75) is 12.6 Å². The van der Waals surface area contributed by atoms with E-state index in [1.165, 1.54) is 0 Å². The molecule has 1 atom stereocenters. The summed E-state index contributed by atoms with van der Waals surface area (Å²) in [5.74, 6) is 0.758. The van der Waals surface area contributed by atoms with Crippen molar-refractivity contribution in [2.75, 3.05) is 44.8 Å². The van der Waals surface area contributed by atoms with Crippen LogP contribution >= 0.6 is 11.6 Å². The molecule has 0 radical (unpaired) electrons. The molecule has 2 aromatic carbocycles. The third-order valence-corrected chi connectivity index (χ3v) is 5.85. The molecule has 1 aliphatic rings.